The van der Waals surface area contributed by atoms with Crippen LogP contribution in [0.15, 0.2) is 0 Å². The van der Waals surface area contributed by atoms with Crippen LogP contribution >= 0.6 is 12.6 Å². The summed E-state index contributed by atoms with van der Waals surface area (Å²) < 4.78 is 0. The van der Waals surface area contributed by atoms with E-state index in [0.717, 1.165) is 25.9 Å². The zero-order valence-electron chi connectivity index (χ0n) is 27.8. The molecule has 0 aromatic rings. The molecule has 0 atom stereocenters. The van der Waals surface area contributed by atoms with Crippen LogP contribution in [0, 0.1) is 0 Å². The molecule has 3 heteroatoms. The predicted molar refractivity (Wildman–Crippen MR) is 185 cm³/mol. The molecule has 0 aromatic carbocycles. The maximum atomic E-state index is 11.9. The third kappa shape index (κ3) is 32.3. The molecule has 40 heavy (non-hydrogen) atoms. The van der Waals surface area contributed by atoms with Crippen LogP contribution in [-0.2, 0) is 0 Å². The molecule has 0 rings (SSSR count). The van der Waals surface area contributed by atoms with E-state index in [0.29, 0.717) is 0 Å². The standard InChI is InChI=1S/C37H75NOS/c1-3-5-7-9-11-13-15-17-19-21-23-25-27-29-31-33-35-38(37(39)40)36-34-32-30-28-26-24-22-20-18-16-14-12-10-8-6-4-2/h3-36H2,1-2H3,(H,39,40). The van der Waals surface area contributed by atoms with Crippen molar-refractivity contribution in [3.63, 3.8) is 0 Å². The van der Waals surface area contributed by atoms with Crippen molar-refractivity contribution in [1.29, 1.82) is 0 Å². The average molecular weight is 582 g/mol. The Kier molecular flexibility index (Phi) is 34.9. The van der Waals surface area contributed by atoms with Crippen LogP contribution in [0.5, 0.6) is 0 Å². The summed E-state index contributed by atoms with van der Waals surface area (Å²) in [4.78, 5) is 13.9. The van der Waals surface area contributed by atoms with E-state index >= 15 is 0 Å². The van der Waals surface area contributed by atoms with Crippen molar-refractivity contribution in [2.24, 2.45) is 0 Å². The highest BCUT2D eigenvalue weighted by Crippen LogP contribution is 2.16. The molecule has 0 saturated carbocycles. The van der Waals surface area contributed by atoms with Gasteiger partial charge in [-0.1, -0.05) is 219 Å². The smallest absolute Gasteiger partial charge is 0.278 e. The molecule has 0 saturated heterocycles. The second-order valence-electron chi connectivity index (χ2n) is 12.9. The van der Waals surface area contributed by atoms with Gasteiger partial charge in [0.1, 0.15) is 0 Å². The van der Waals surface area contributed by atoms with E-state index in [1.807, 2.05) is 4.90 Å². The maximum absolute atomic E-state index is 11.9. The van der Waals surface area contributed by atoms with Crippen LogP contribution in [0.4, 0.5) is 4.79 Å². The normalized spacial score (nSPS) is 11.4. The minimum absolute atomic E-state index is 0.0260. The number of carbonyl (C=O) groups is 1. The lowest BCUT2D eigenvalue weighted by atomic mass is 10.0. The molecule has 240 valence electrons. The first kappa shape index (κ1) is 39.8. The van der Waals surface area contributed by atoms with Crippen molar-refractivity contribution in [2.75, 3.05) is 13.1 Å². The number of unbranched alkanes of at least 4 members (excludes halogenated alkanes) is 30. The molecule has 0 fully saturated rings. The van der Waals surface area contributed by atoms with Crippen molar-refractivity contribution < 1.29 is 4.79 Å². The summed E-state index contributed by atoms with van der Waals surface area (Å²) in [5.74, 6) is 0. The molecule has 1 amide bonds. The van der Waals surface area contributed by atoms with E-state index < -0.39 is 0 Å². The number of carbonyl (C=O) groups excluding carboxylic acids is 1. The summed E-state index contributed by atoms with van der Waals surface area (Å²) in [6.07, 6.45) is 44.5. The Bertz CT molecular complexity index is 447. The Morgan fingerprint density at radius 1 is 0.350 bits per heavy atom. The summed E-state index contributed by atoms with van der Waals surface area (Å²) in [7, 11) is 0. The van der Waals surface area contributed by atoms with Gasteiger partial charge in [-0.2, -0.15) is 0 Å². The third-order valence-corrected chi connectivity index (χ3v) is 9.12. The molecule has 0 unspecified atom stereocenters. The lowest BCUT2D eigenvalue weighted by Gasteiger charge is -2.20. The van der Waals surface area contributed by atoms with Gasteiger partial charge < -0.3 is 4.90 Å². The van der Waals surface area contributed by atoms with Gasteiger partial charge >= 0.3 is 0 Å². The molecular weight excluding hydrogens is 506 g/mol. The van der Waals surface area contributed by atoms with Crippen molar-refractivity contribution in [3.05, 3.63) is 0 Å². The summed E-state index contributed by atoms with van der Waals surface area (Å²) in [5, 5.41) is -0.0260. The SMILES string of the molecule is CCCCCCCCCCCCCCCCCCN(CCCCCCCCCCCCCCCCCC)C(=O)S. The lowest BCUT2D eigenvalue weighted by Crippen LogP contribution is -2.28. The van der Waals surface area contributed by atoms with Gasteiger partial charge in [-0.05, 0) is 12.8 Å². The van der Waals surface area contributed by atoms with Crippen molar-refractivity contribution >= 4 is 17.9 Å². The number of hydrogen-bond acceptors (Lipinski definition) is 1. The van der Waals surface area contributed by atoms with Crippen LogP contribution in [0.2, 0.25) is 0 Å². The second kappa shape index (κ2) is 35.0. The first-order chi connectivity index (χ1) is 19.7. The summed E-state index contributed by atoms with van der Waals surface area (Å²) in [6, 6.07) is 0. The van der Waals surface area contributed by atoms with Crippen LogP contribution in [0.3, 0.4) is 0 Å². The monoisotopic (exact) mass is 582 g/mol. The Morgan fingerprint density at radius 3 is 0.700 bits per heavy atom. The fourth-order valence-corrected chi connectivity index (χ4v) is 6.20. The first-order valence-corrected chi connectivity index (χ1v) is 19.1. The zero-order valence-corrected chi connectivity index (χ0v) is 28.7. The molecule has 0 radical (unpaired) electrons. The minimum Gasteiger partial charge on any atom is -0.334 e. The maximum Gasteiger partial charge on any atom is 0.278 e. The molecule has 0 aliphatic rings. The van der Waals surface area contributed by atoms with Crippen LogP contribution in [-0.4, -0.2) is 23.2 Å². The highest BCUT2D eigenvalue weighted by Gasteiger charge is 2.08. The third-order valence-electron chi connectivity index (χ3n) is 8.83. The molecule has 0 heterocycles. The van der Waals surface area contributed by atoms with Gasteiger partial charge in [-0.3, -0.25) is 4.79 Å². The van der Waals surface area contributed by atoms with Gasteiger partial charge in [0.15, 0.2) is 0 Å². The molecule has 0 aliphatic heterocycles. The van der Waals surface area contributed by atoms with Crippen molar-refractivity contribution in [3.8, 4) is 0 Å². The van der Waals surface area contributed by atoms with E-state index in [2.05, 4.69) is 26.5 Å². The Balaban J connectivity index is 3.37. The summed E-state index contributed by atoms with van der Waals surface area (Å²) in [6.45, 7) is 6.39. The Labute approximate surface area is 259 Å². The van der Waals surface area contributed by atoms with Gasteiger partial charge in [0.2, 0.25) is 0 Å². The van der Waals surface area contributed by atoms with Crippen LogP contribution < -0.4 is 0 Å². The molecule has 0 spiro atoms. The molecule has 2 nitrogen and oxygen atoms in total. The van der Waals surface area contributed by atoms with E-state index in [9.17, 15) is 4.79 Å². The Hall–Kier alpha value is -0.180. The van der Waals surface area contributed by atoms with Gasteiger partial charge in [0.25, 0.3) is 5.24 Å². The van der Waals surface area contributed by atoms with Crippen LogP contribution in [0.25, 0.3) is 0 Å². The number of hydrogen-bond donors (Lipinski definition) is 1. The molecule has 0 N–H and O–H groups in total. The van der Waals surface area contributed by atoms with Gasteiger partial charge in [0.05, 0.1) is 0 Å². The van der Waals surface area contributed by atoms with Crippen LogP contribution in [0.1, 0.15) is 219 Å². The molecule has 0 aliphatic carbocycles. The number of nitrogens with zero attached hydrogens (tertiary/aromatic N) is 1. The highest BCUT2D eigenvalue weighted by atomic mass is 32.1. The summed E-state index contributed by atoms with van der Waals surface area (Å²) >= 11 is 4.14. The quantitative estimate of drug-likeness (QED) is 0.0592. The summed E-state index contributed by atoms with van der Waals surface area (Å²) in [5.41, 5.74) is 0. The molecule has 0 bridgehead atoms. The fourth-order valence-electron chi connectivity index (χ4n) is 6.00. The van der Waals surface area contributed by atoms with Gasteiger partial charge in [-0.25, -0.2) is 0 Å². The lowest BCUT2D eigenvalue weighted by molar-refractivity contribution is 0.220. The van der Waals surface area contributed by atoms with E-state index in [1.54, 1.807) is 0 Å². The topological polar surface area (TPSA) is 20.3 Å². The van der Waals surface area contributed by atoms with Gasteiger partial charge in [-0.15, -0.1) is 0 Å². The Morgan fingerprint density at radius 2 is 0.525 bits per heavy atom. The van der Waals surface area contributed by atoms with E-state index in [1.165, 1.54) is 193 Å². The number of thiol groups is 1. The van der Waals surface area contributed by atoms with Gasteiger partial charge in [0, 0.05) is 13.1 Å². The fraction of sp³-hybridized carbons (Fsp3) is 0.973. The molecule has 0 aromatic heterocycles. The van der Waals surface area contributed by atoms with Crippen molar-refractivity contribution in [2.45, 2.75) is 219 Å². The predicted octanol–water partition coefficient (Wildman–Crippen LogP) is 13.9. The number of rotatable bonds is 34. The largest absolute Gasteiger partial charge is 0.334 e. The number of amides is 1. The second-order valence-corrected chi connectivity index (χ2v) is 13.3. The highest BCUT2D eigenvalue weighted by molar-refractivity contribution is 7.96. The minimum atomic E-state index is -0.0260. The van der Waals surface area contributed by atoms with E-state index in [4.69, 9.17) is 0 Å². The van der Waals surface area contributed by atoms with Crippen molar-refractivity contribution in [1.82, 2.24) is 4.90 Å². The molecular formula is C37H75NOS. The van der Waals surface area contributed by atoms with E-state index in [-0.39, 0.29) is 5.24 Å². The average Bonchev–Trinajstić information content (AvgIpc) is 2.95. The first-order valence-electron chi connectivity index (χ1n) is 18.7. The zero-order chi connectivity index (χ0) is 29.2.